The van der Waals surface area contributed by atoms with Crippen molar-refractivity contribution in [3.8, 4) is 0 Å². The first-order chi connectivity index (χ1) is 5.00. The van der Waals surface area contributed by atoms with Gasteiger partial charge in [-0.2, -0.15) is 12.7 Å². The predicted octanol–water partition coefficient (Wildman–Crippen LogP) is -0.343. The Kier molecular flexibility index (Phi) is 2.46. The summed E-state index contributed by atoms with van der Waals surface area (Å²) < 4.78 is 33.5. The third-order valence-electron chi connectivity index (χ3n) is 1.73. The number of rotatable bonds is 1. The molecule has 0 aromatic heterocycles. The van der Waals surface area contributed by atoms with Gasteiger partial charge in [0.15, 0.2) is 0 Å². The van der Waals surface area contributed by atoms with Crippen LogP contribution in [-0.4, -0.2) is 37.0 Å². The van der Waals surface area contributed by atoms with Gasteiger partial charge in [0, 0.05) is 13.1 Å². The number of aliphatic hydroxyl groups is 1. The number of hydrogen-bond donors (Lipinski definition) is 1. The van der Waals surface area contributed by atoms with Gasteiger partial charge in [-0.3, -0.25) is 0 Å². The fourth-order valence-corrected chi connectivity index (χ4v) is 1.71. The molecular formula is C5H10FNO3S. The molecule has 1 fully saturated rings. The second-order valence-corrected chi connectivity index (χ2v) is 3.91. The maximum Gasteiger partial charge on any atom is 0.374 e. The van der Waals surface area contributed by atoms with Crippen molar-refractivity contribution < 1.29 is 17.4 Å². The Bertz CT molecular complexity index is 220. The summed E-state index contributed by atoms with van der Waals surface area (Å²) in [7, 11) is -4.53. The van der Waals surface area contributed by atoms with Gasteiger partial charge >= 0.3 is 10.4 Å². The maximum atomic E-state index is 12.2. The summed E-state index contributed by atoms with van der Waals surface area (Å²) in [4.78, 5) is 0. The minimum absolute atomic E-state index is 0.0833. The second kappa shape index (κ2) is 3.04. The molecule has 11 heavy (non-hydrogen) atoms. The molecule has 0 bridgehead atoms. The Hall–Kier alpha value is -0.200. The van der Waals surface area contributed by atoms with E-state index in [1.165, 1.54) is 0 Å². The summed E-state index contributed by atoms with van der Waals surface area (Å²) in [6.07, 6.45) is 0.166. The van der Waals surface area contributed by atoms with E-state index in [0.29, 0.717) is 12.8 Å². The monoisotopic (exact) mass is 183 g/mol. The fraction of sp³-hybridized carbons (Fsp3) is 1.00. The Balaban J connectivity index is 2.53. The van der Waals surface area contributed by atoms with Gasteiger partial charge < -0.3 is 5.11 Å². The van der Waals surface area contributed by atoms with Gasteiger partial charge in [0.05, 0.1) is 6.10 Å². The first-order valence-electron chi connectivity index (χ1n) is 3.38. The highest BCUT2D eigenvalue weighted by molar-refractivity contribution is 7.83. The van der Waals surface area contributed by atoms with Gasteiger partial charge in [-0.25, -0.2) is 0 Å². The lowest BCUT2D eigenvalue weighted by atomic mass is 10.1. The fourth-order valence-electron chi connectivity index (χ4n) is 1.06. The van der Waals surface area contributed by atoms with Crippen molar-refractivity contribution in [3.05, 3.63) is 0 Å². The topological polar surface area (TPSA) is 57.6 Å². The Morgan fingerprint density at radius 2 is 1.82 bits per heavy atom. The van der Waals surface area contributed by atoms with Crippen molar-refractivity contribution in [1.29, 1.82) is 0 Å². The molecule has 0 aromatic carbocycles. The van der Waals surface area contributed by atoms with Crippen LogP contribution >= 0.6 is 0 Å². The molecule has 0 atom stereocenters. The lowest BCUT2D eigenvalue weighted by Crippen LogP contribution is -2.38. The highest BCUT2D eigenvalue weighted by atomic mass is 32.3. The molecule has 0 aromatic rings. The summed E-state index contributed by atoms with van der Waals surface area (Å²) in [5, 5.41) is 8.95. The van der Waals surface area contributed by atoms with Crippen molar-refractivity contribution in [2.75, 3.05) is 13.1 Å². The van der Waals surface area contributed by atoms with Gasteiger partial charge in [-0.1, -0.05) is 3.89 Å². The van der Waals surface area contributed by atoms with Gasteiger partial charge in [0.1, 0.15) is 0 Å². The smallest absolute Gasteiger partial charge is 0.374 e. The van der Waals surface area contributed by atoms with Crippen LogP contribution in [0.25, 0.3) is 0 Å². The molecule has 0 aliphatic carbocycles. The van der Waals surface area contributed by atoms with E-state index in [9.17, 15) is 12.3 Å². The molecule has 4 nitrogen and oxygen atoms in total. The van der Waals surface area contributed by atoms with Crippen LogP contribution < -0.4 is 0 Å². The van der Waals surface area contributed by atoms with Crippen molar-refractivity contribution in [2.45, 2.75) is 18.9 Å². The van der Waals surface area contributed by atoms with Crippen molar-refractivity contribution in [2.24, 2.45) is 0 Å². The molecule has 0 radical (unpaired) electrons. The lowest BCUT2D eigenvalue weighted by molar-refractivity contribution is 0.111. The highest BCUT2D eigenvalue weighted by Gasteiger charge is 2.26. The SMILES string of the molecule is O=S(=O)(F)N1CCC(O)CC1. The lowest BCUT2D eigenvalue weighted by Gasteiger charge is -2.25. The van der Waals surface area contributed by atoms with Gasteiger partial charge in [-0.05, 0) is 12.8 Å². The van der Waals surface area contributed by atoms with Gasteiger partial charge in [0.25, 0.3) is 0 Å². The van der Waals surface area contributed by atoms with E-state index in [1.54, 1.807) is 0 Å². The largest absolute Gasteiger partial charge is 0.393 e. The van der Waals surface area contributed by atoms with Crippen molar-refractivity contribution in [3.63, 3.8) is 0 Å². The normalized spacial score (nSPS) is 23.8. The third-order valence-corrected chi connectivity index (χ3v) is 2.71. The Morgan fingerprint density at radius 3 is 2.18 bits per heavy atom. The molecule has 0 spiro atoms. The zero-order chi connectivity index (χ0) is 8.48. The van der Waals surface area contributed by atoms with Crippen LogP contribution in [0.5, 0.6) is 0 Å². The zero-order valence-electron chi connectivity index (χ0n) is 5.90. The highest BCUT2D eigenvalue weighted by Crippen LogP contribution is 2.14. The summed E-state index contributed by atoms with van der Waals surface area (Å²) in [6.45, 7) is 0.167. The molecule has 0 unspecified atom stereocenters. The standard InChI is InChI=1S/C5H10FNO3S/c6-11(9,10)7-3-1-5(8)2-4-7/h5,8H,1-4H2. The first-order valence-corrected chi connectivity index (χ1v) is 4.72. The molecule has 1 saturated heterocycles. The molecule has 66 valence electrons. The van der Waals surface area contributed by atoms with Crippen LogP contribution in [0.3, 0.4) is 0 Å². The molecule has 6 heteroatoms. The van der Waals surface area contributed by atoms with E-state index < -0.39 is 16.5 Å². The molecule has 0 amide bonds. The number of aliphatic hydroxyl groups excluding tert-OH is 1. The van der Waals surface area contributed by atoms with E-state index in [0.717, 1.165) is 4.31 Å². The number of halogens is 1. The second-order valence-electron chi connectivity index (χ2n) is 2.57. The van der Waals surface area contributed by atoms with Crippen LogP contribution in [0.4, 0.5) is 3.89 Å². The number of piperidine rings is 1. The van der Waals surface area contributed by atoms with E-state index >= 15 is 0 Å². The van der Waals surface area contributed by atoms with E-state index in [2.05, 4.69) is 0 Å². The third kappa shape index (κ3) is 2.39. The summed E-state index contributed by atoms with van der Waals surface area (Å²) in [6, 6.07) is 0. The predicted molar refractivity (Wildman–Crippen MR) is 36.8 cm³/mol. The van der Waals surface area contributed by atoms with E-state index in [4.69, 9.17) is 5.11 Å². The van der Waals surface area contributed by atoms with Gasteiger partial charge in [-0.15, -0.1) is 0 Å². The zero-order valence-corrected chi connectivity index (χ0v) is 6.72. The number of nitrogens with zero attached hydrogens (tertiary/aromatic N) is 1. The molecule has 1 heterocycles. The van der Waals surface area contributed by atoms with Crippen LogP contribution in [0.1, 0.15) is 12.8 Å². The van der Waals surface area contributed by atoms with Crippen molar-refractivity contribution in [1.82, 2.24) is 4.31 Å². The maximum absolute atomic E-state index is 12.2. The number of hydrogen-bond acceptors (Lipinski definition) is 3. The molecule has 1 aliphatic rings. The summed E-state index contributed by atoms with van der Waals surface area (Å²) in [5.74, 6) is 0. The molecule has 0 saturated carbocycles. The van der Waals surface area contributed by atoms with E-state index in [1.807, 2.05) is 0 Å². The Morgan fingerprint density at radius 1 is 1.36 bits per heavy atom. The molecule has 1 aliphatic heterocycles. The van der Waals surface area contributed by atoms with Crippen LogP contribution in [0.2, 0.25) is 0 Å². The minimum atomic E-state index is -4.53. The van der Waals surface area contributed by atoms with Crippen molar-refractivity contribution >= 4 is 10.4 Å². The van der Waals surface area contributed by atoms with Crippen LogP contribution in [0, 0.1) is 0 Å². The van der Waals surface area contributed by atoms with Gasteiger partial charge in [0.2, 0.25) is 0 Å². The first kappa shape index (κ1) is 8.89. The summed E-state index contributed by atoms with van der Waals surface area (Å²) in [5.41, 5.74) is 0. The van der Waals surface area contributed by atoms with Crippen LogP contribution in [-0.2, 0) is 10.4 Å². The minimum Gasteiger partial charge on any atom is -0.393 e. The molecular weight excluding hydrogens is 173 g/mol. The van der Waals surface area contributed by atoms with E-state index in [-0.39, 0.29) is 13.1 Å². The quantitative estimate of drug-likeness (QED) is 0.566. The molecule has 1 rings (SSSR count). The summed E-state index contributed by atoms with van der Waals surface area (Å²) >= 11 is 0. The average molecular weight is 183 g/mol. The molecule has 1 N–H and O–H groups in total. The van der Waals surface area contributed by atoms with Crippen LogP contribution in [0.15, 0.2) is 0 Å². The average Bonchev–Trinajstić information content (AvgIpc) is 1.86. The Labute approximate surface area is 65.0 Å².